The largest absolute Gasteiger partial charge is 0.507 e. The molecule has 2 aromatic rings. The molecule has 2 N–H and O–H groups in total. The molecule has 2 unspecified atom stereocenters. The van der Waals surface area contributed by atoms with Crippen LogP contribution in [0.1, 0.15) is 69.4 Å². The van der Waals surface area contributed by atoms with E-state index in [1.165, 1.54) is 12.5 Å². The molecule has 2 fully saturated rings. The summed E-state index contributed by atoms with van der Waals surface area (Å²) < 4.78 is 43.7. The van der Waals surface area contributed by atoms with Gasteiger partial charge in [-0.05, 0) is 88.9 Å². The number of likely N-dealkylation sites (tertiary alicyclic amines) is 1. The highest BCUT2D eigenvalue weighted by Crippen LogP contribution is 2.53. The Kier molecular flexibility index (Phi) is 8.80. The van der Waals surface area contributed by atoms with Gasteiger partial charge in [0.15, 0.2) is 0 Å². The molecule has 0 radical (unpaired) electrons. The Balaban J connectivity index is 1.26. The van der Waals surface area contributed by atoms with Gasteiger partial charge in [-0.3, -0.25) is 4.79 Å². The molecule has 4 rings (SSSR count). The lowest BCUT2D eigenvalue weighted by atomic mass is 9.93. The molecule has 2 aliphatic rings. The highest BCUT2D eigenvalue weighted by molar-refractivity contribution is 5.70. The molecular formula is C28H37F3N4O3. The number of anilines is 1. The average Bonchev–Trinajstić information content (AvgIpc) is 3.50. The number of hydrogen-bond acceptors (Lipinski definition) is 7. The number of nitrogens with one attached hydrogen (secondary N) is 1. The molecule has 208 valence electrons. The third-order valence-electron chi connectivity index (χ3n) is 7.67. The van der Waals surface area contributed by atoms with E-state index in [4.69, 9.17) is 4.74 Å². The van der Waals surface area contributed by atoms with E-state index in [1.807, 2.05) is 19.9 Å². The number of hydrogen-bond donors (Lipinski definition) is 2. The minimum absolute atomic E-state index is 0.106. The van der Waals surface area contributed by atoms with E-state index in [-0.39, 0.29) is 16.9 Å². The normalized spacial score (nSPS) is 21.4. The summed E-state index contributed by atoms with van der Waals surface area (Å²) in [4.78, 5) is 14.0. The minimum Gasteiger partial charge on any atom is -0.507 e. The van der Waals surface area contributed by atoms with Crippen molar-refractivity contribution in [3.8, 4) is 17.0 Å². The number of ether oxygens (including phenoxy) is 1. The van der Waals surface area contributed by atoms with Crippen LogP contribution < -0.4 is 5.32 Å². The number of aromatic nitrogens is 2. The van der Waals surface area contributed by atoms with E-state index in [9.17, 15) is 23.1 Å². The SMILES string of the molecule is CCOC(=O)CCCCCCN1CCCC2(CC2Nc2cc(C)c(-c3ccc(C(F)(F)F)cc3O)nn2)C1. The van der Waals surface area contributed by atoms with Crippen molar-refractivity contribution < 1.29 is 27.8 Å². The van der Waals surface area contributed by atoms with Gasteiger partial charge in [0.1, 0.15) is 11.6 Å². The number of nitrogens with zero attached hydrogens (tertiary/aromatic N) is 3. The summed E-state index contributed by atoms with van der Waals surface area (Å²) in [5, 5.41) is 22.2. The Hall–Kier alpha value is -2.88. The van der Waals surface area contributed by atoms with Crippen LogP contribution >= 0.6 is 0 Å². The number of esters is 1. The van der Waals surface area contributed by atoms with E-state index in [2.05, 4.69) is 20.4 Å². The fourth-order valence-electron chi connectivity index (χ4n) is 5.55. The van der Waals surface area contributed by atoms with Gasteiger partial charge in [-0.25, -0.2) is 0 Å². The van der Waals surface area contributed by atoms with Gasteiger partial charge in [-0.15, -0.1) is 10.2 Å². The number of benzene rings is 1. The van der Waals surface area contributed by atoms with Crippen LogP contribution in [-0.2, 0) is 15.7 Å². The molecule has 1 saturated heterocycles. The molecule has 7 nitrogen and oxygen atoms in total. The number of piperidine rings is 1. The zero-order chi connectivity index (χ0) is 27.3. The lowest BCUT2D eigenvalue weighted by Gasteiger charge is -2.34. The molecule has 1 aromatic heterocycles. The highest BCUT2D eigenvalue weighted by Gasteiger charge is 2.55. The van der Waals surface area contributed by atoms with Crippen molar-refractivity contribution in [3.05, 3.63) is 35.4 Å². The first-order valence-corrected chi connectivity index (χ1v) is 13.5. The van der Waals surface area contributed by atoms with Crippen LogP contribution in [0.15, 0.2) is 24.3 Å². The highest BCUT2D eigenvalue weighted by atomic mass is 19.4. The van der Waals surface area contributed by atoms with Gasteiger partial charge in [-0.2, -0.15) is 13.2 Å². The van der Waals surface area contributed by atoms with Gasteiger partial charge in [0, 0.05) is 30.0 Å². The van der Waals surface area contributed by atoms with Gasteiger partial charge in [-0.1, -0.05) is 12.8 Å². The summed E-state index contributed by atoms with van der Waals surface area (Å²) in [6, 6.07) is 5.04. The molecule has 0 bridgehead atoms. The Morgan fingerprint density at radius 3 is 2.71 bits per heavy atom. The zero-order valence-corrected chi connectivity index (χ0v) is 22.1. The lowest BCUT2D eigenvalue weighted by molar-refractivity contribution is -0.143. The summed E-state index contributed by atoms with van der Waals surface area (Å²) >= 11 is 0. The summed E-state index contributed by atoms with van der Waals surface area (Å²) in [7, 11) is 0. The van der Waals surface area contributed by atoms with Crippen molar-refractivity contribution in [3.63, 3.8) is 0 Å². The number of carbonyl (C=O) groups is 1. The number of halogens is 3. The first kappa shape index (κ1) is 28.1. The molecule has 1 aliphatic carbocycles. The first-order chi connectivity index (χ1) is 18.1. The number of aryl methyl sites for hydroxylation is 1. The van der Waals surface area contributed by atoms with Crippen molar-refractivity contribution in [2.45, 2.75) is 77.4 Å². The van der Waals surface area contributed by atoms with Crippen LogP contribution in [0.5, 0.6) is 5.75 Å². The van der Waals surface area contributed by atoms with Crippen LogP contribution in [0.25, 0.3) is 11.3 Å². The van der Waals surface area contributed by atoms with E-state index >= 15 is 0 Å². The van der Waals surface area contributed by atoms with Crippen molar-refractivity contribution in [2.75, 3.05) is 31.6 Å². The van der Waals surface area contributed by atoms with E-state index < -0.39 is 17.5 Å². The molecule has 1 spiro atoms. The summed E-state index contributed by atoms with van der Waals surface area (Å²) in [5.41, 5.74) is 0.639. The Morgan fingerprint density at radius 2 is 2.00 bits per heavy atom. The Labute approximate surface area is 221 Å². The molecule has 1 aromatic carbocycles. The fourth-order valence-corrected chi connectivity index (χ4v) is 5.55. The number of alkyl halides is 3. The average molecular weight is 535 g/mol. The molecular weight excluding hydrogens is 497 g/mol. The van der Waals surface area contributed by atoms with E-state index in [0.717, 1.165) is 75.9 Å². The van der Waals surface area contributed by atoms with Crippen molar-refractivity contribution >= 4 is 11.8 Å². The quantitative estimate of drug-likeness (QED) is 0.272. The number of rotatable bonds is 11. The van der Waals surface area contributed by atoms with Crippen LogP contribution in [-0.4, -0.2) is 58.5 Å². The molecule has 1 aliphatic heterocycles. The number of aromatic hydroxyl groups is 1. The van der Waals surface area contributed by atoms with Gasteiger partial charge < -0.3 is 20.1 Å². The smallest absolute Gasteiger partial charge is 0.416 e. The van der Waals surface area contributed by atoms with Crippen LogP contribution in [0.3, 0.4) is 0 Å². The molecule has 0 amide bonds. The number of carbonyl (C=O) groups excluding carboxylic acids is 1. The summed E-state index contributed by atoms with van der Waals surface area (Å²) in [6.07, 6.45) is 3.55. The summed E-state index contributed by atoms with van der Waals surface area (Å²) in [5.74, 6) is 0.0589. The van der Waals surface area contributed by atoms with Crippen LogP contribution in [0.4, 0.5) is 19.0 Å². The van der Waals surface area contributed by atoms with Crippen LogP contribution in [0.2, 0.25) is 0 Å². The first-order valence-electron chi connectivity index (χ1n) is 13.5. The maximum Gasteiger partial charge on any atom is 0.416 e. The maximum atomic E-state index is 12.9. The van der Waals surface area contributed by atoms with Crippen LogP contribution in [0, 0.1) is 12.3 Å². The van der Waals surface area contributed by atoms with Crippen molar-refractivity contribution in [1.29, 1.82) is 0 Å². The van der Waals surface area contributed by atoms with E-state index in [0.29, 0.717) is 30.6 Å². The van der Waals surface area contributed by atoms with Gasteiger partial charge in [0.2, 0.25) is 0 Å². The molecule has 2 atom stereocenters. The predicted molar refractivity (Wildman–Crippen MR) is 139 cm³/mol. The molecule has 10 heteroatoms. The fraction of sp³-hybridized carbons (Fsp3) is 0.607. The third kappa shape index (κ3) is 6.95. The standard InChI is InChI=1S/C28H37F3N4O3/c1-3-38-25(37)9-6-4-5-7-13-35-14-8-12-27(18-35)17-23(27)32-24-15-19(2)26(34-33-24)21-11-10-20(16-22(21)36)28(29,30)31/h10-11,15-16,23,36H,3-9,12-14,17-18H2,1-2H3,(H,32,33). The minimum atomic E-state index is -4.52. The van der Waals surface area contributed by atoms with Crippen molar-refractivity contribution in [2.24, 2.45) is 5.41 Å². The van der Waals surface area contributed by atoms with Crippen molar-refractivity contribution in [1.82, 2.24) is 15.1 Å². The molecule has 1 saturated carbocycles. The molecule has 38 heavy (non-hydrogen) atoms. The Morgan fingerprint density at radius 1 is 1.21 bits per heavy atom. The number of unbranched alkanes of at least 4 members (excludes halogenated alkanes) is 3. The lowest BCUT2D eigenvalue weighted by Crippen LogP contribution is -2.39. The molecule has 2 heterocycles. The van der Waals surface area contributed by atoms with Gasteiger partial charge in [0.25, 0.3) is 0 Å². The Bertz CT molecular complexity index is 1130. The second-order valence-corrected chi connectivity index (χ2v) is 10.6. The second-order valence-electron chi connectivity index (χ2n) is 10.6. The third-order valence-corrected chi connectivity index (χ3v) is 7.67. The topological polar surface area (TPSA) is 87.6 Å². The summed E-state index contributed by atoms with van der Waals surface area (Å²) in [6.45, 7) is 7.31. The predicted octanol–water partition coefficient (Wildman–Crippen LogP) is 5.96. The number of phenols is 1. The van der Waals surface area contributed by atoms with Gasteiger partial charge in [0.05, 0.1) is 17.9 Å². The monoisotopic (exact) mass is 534 g/mol. The second kappa shape index (κ2) is 11.9. The zero-order valence-electron chi connectivity index (χ0n) is 22.1. The maximum absolute atomic E-state index is 12.9. The van der Waals surface area contributed by atoms with E-state index in [1.54, 1.807) is 0 Å². The number of phenolic OH excluding ortho intramolecular Hbond substituents is 1. The van der Waals surface area contributed by atoms with Gasteiger partial charge >= 0.3 is 12.1 Å².